The van der Waals surface area contributed by atoms with E-state index in [0.29, 0.717) is 5.11 Å². The van der Waals surface area contributed by atoms with Gasteiger partial charge in [-0.3, -0.25) is 0 Å². The normalized spacial score (nSPS) is 10.7. The van der Waals surface area contributed by atoms with E-state index in [1.807, 2.05) is 67.6 Å². The van der Waals surface area contributed by atoms with Crippen LogP contribution >= 0.6 is 12.2 Å². The van der Waals surface area contributed by atoms with Crippen LogP contribution in [0.5, 0.6) is 11.5 Å². The molecule has 0 bridgehead atoms. The fourth-order valence-corrected chi connectivity index (χ4v) is 2.68. The summed E-state index contributed by atoms with van der Waals surface area (Å²) in [6.45, 7) is 2.04. The number of benzene rings is 3. The lowest BCUT2D eigenvalue weighted by atomic mass is 10.1. The monoisotopic (exact) mass is 376 g/mol. The molecular formula is C22H20N2O2S. The number of aromatic hydroxyl groups is 2. The minimum absolute atomic E-state index is 0.127. The van der Waals surface area contributed by atoms with E-state index in [9.17, 15) is 10.2 Å². The SMILES string of the molecule is Cc1ccc(NC(=S)Nc2ccc(/C=C/c3ccc(O)c(O)c3)cc2)cc1. The second kappa shape index (κ2) is 8.38. The van der Waals surface area contributed by atoms with Gasteiger partial charge in [0.2, 0.25) is 0 Å². The maximum Gasteiger partial charge on any atom is 0.175 e. The number of anilines is 2. The first-order chi connectivity index (χ1) is 13.0. The lowest BCUT2D eigenvalue weighted by molar-refractivity contribution is 0.403. The van der Waals surface area contributed by atoms with Crippen LogP contribution in [0.4, 0.5) is 11.4 Å². The molecule has 4 N–H and O–H groups in total. The fourth-order valence-electron chi connectivity index (χ4n) is 2.44. The van der Waals surface area contributed by atoms with Crippen molar-refractivity contribution in [3.05, 3.63) is 83.4 Å². The van der Waals surface area contributed by atoms with E-state index >= 15 is 0 Å². The average molecular weight is 376 g/mol. The largest absolute Gasteiger partial charge is 0.504 e. The van der Waals surface area contributed by atoms with Crippen molar-refractivity contribution in [2.45, 2.75) is 6.92 Å². The molecule has 0 radical (unpaired) electrons. The summed E-state index contributed by atoms with van der Waals surface area (Å²) in [5.74, 6) is -0.260. The van der Waals surface area contributed by atoms with Crippen molar-refractivity contribution in [3.8, 4) is 11.5 Å². The van der Waals surface area contributed by atoms with Gasteiger partial charge in [-0.05, 0) is 66.7 Å². The molecule has 0 spiro atoms. The fraction of sp³-hybridized carbons (Fsp3) is 0.0455. The molecule has 5 heteroatoms. The van der Waals surface area contributed by atoms with E-state index in [2.05, 4.69) is 10.6 Å². The molecule has 0 fully saturated rings. The molecule has 3 aromatic carbocycles. The first-order valence-corrected chi connectivity index (χ1v) is 8.85. The molecule has 0 heterocycles. The molecule has 0 unspecified atom stereocenters. The Hall–Kier alpha value is -3.31. The number of nitrogens with one attached hydrogen (secondary N) is 2. The molecule has 0 aromatic heterocycles. The zero-order valence-electron chi connectivity index (χ0n) is 14.8. The van der Waals surface area contributed by atoms with Gasteiger partial charge in [-0.25, -0.2) is 0 Å². The van der Waals surface area contributed by atoms with Crippen LogP contribution in [0.3, 0.4) is 0 Å². The van der Waals surface area contributed by atoms with Gasteiger partial charge in [-0.1, -0.05) is 48.0 Å². The zero-order chi connectivity index (χ0) is 19.2. The van der Waals surface area contributed by atoms with Crippen molar-refractivity contribution in [2.24, 2.45) is 0 Å². The van der Waals surface area contributed by atoms with Crippen molar-refractivity contribution in [1.29, 1.82) is 0 Å². The first kappa shape index (κ1) is 18.5. The van der Waals surface area contributed by atoms with E-state index in [4.69, 9.17) is 12.2 Å². The topological polar surface area (TPSA) is 64.5 Å². The summed E-state index contributed by atoms with van der Waals surface area (Å²) in [4.78, 5) is 0. The van der Waals surface area contributed by atoms with Crippen LogP contribution in [0.2, 0.25) is 0 Å². The summed E-state index contributed by atoms with van der Waals surface area (Å²) < 4.78 is 0. The van der Waals surface area contributed by atoms with Crippen LogP contribution in [0.25, 0.3) is 12.2 Å². The van der Waals surface area contributed by atoms with E-state index in [-0.39, 0.29) is 11.5 Å². The minimum atomic E-state index is -0.133. The van der Waals surface area contributed by atoms with Crippen molar-refractivity contribution in [3.63, 3.8) is 0 Å². The highest BCUT2D eigenvalue weighted by Gasteiger charge is 2.00. The van der Waals surface area contributed by atoms with E-state index in [1.165, 1.54) is 17.7 Å². The van der Waals surface area contributed by atoms with Crippen LogP contribution in [0, 0.1) is 6.92 Å². The summed E-state index contributed by atoms with van der Waals surface area (Å²) in [6, 6.07) is 20.5. The van der Waals surface area contributed by atoms with Crippen LogP contribution < -0.4 is 10.6 Å². The molecule has 0 aliphatic rings. The Kier molecular flexibility index (Phi) is 5.74. The average Bonchev–Trinajstić information content (AvgIpc) is 2.66. The van der Waals surface area contributed by atoms with Gasteiger partial charge in [0, 0.05) is 11.4 Å². The third-order valence-electron chi connectivity index (χ3n) is 3.95. The van der Waals surface area contributed by atoms with Gasteiger partial charge in [-0.15, -0.1) is 0 Å². The first-order valence-electron chi connectivity index (χ1n) is 8.44. The van der Waals surface area contributed by atoms with Gasteiger partial charge in [0.25, 0.3) is 0 Å². The predicted octanol–water partition coefficient (Wildman–Crippen LogP) is 5.39. The van der Waals surface area contributed by atoms with Gasteiger partial charge < -0.3 is 20.8 Å². The van der Waals surface area contributed by atoms with Gasteiger partial charge in [0.1, 0.15) is 0 Å². The maximum absolute atomic E-state index is 9.53. The number of hydrogen-bond acceptors (Lipinski definition) is 3. The molecule has 0 saturated heterocycles. The number of thiocarbonyl (C=S) groups is 1. The molecule has 0 aliphatic carbocycles. The van der Waals surface area contributed by atoms with Crippen molar-refractivity contribution < 1.29 is 10.2 Å². The lowest BCUT2D eigenvalue weighted by Crippen LogP contribution is -2.18. The number of phenols is 2. The third kappa shape index (κ3) is 5.33. The highest BCUT2D eigenvalue weighted by molar-refractivity contribution is 7.80. The second-order valence-corrected chi connectivity index (χ2v) is 6.56. The number of aryl methyl sites for hydroxylation is 1. The Bertz CT molecular complexity index is 965. The van der Waals surface area contributed by atoms with E-state index in [1.54, 1.807) is 6.07 Å². The number of phenolic OH excluding ortho intramolecular Hbond substituents is 2. The summed E-state index contributed by atoms with van der Waals surface area (Å²) in [6.07, 6.45) is 3.80. The summed E-state index contributed by atoms with van der Waals surface area (Å²) >= 11 is 5.34. The Balaban J connectivity index is 1.59. The lowest BCUT2D eigenvalue weighted by Gasteiger charge is -2.11. The number of rotatable bonds is 4. The molecular weight excluding hydrogens is 356 g/mol. The van der Waals surface area contributed by atoms with Gasteiger partial charge in [0.15, 0.2) is 16.6 Å². The Morgan fingerprint density at radius 3 is 1.85 bits per heavy atom. The molecule has 27 heavy (non-hydrogen) atoms. The quantitative estimate of drug-likeness (QED) is 0.279. The van der Waals surface area contributed by atoms with Crippen molar-refractivity contribution in [2.75, 3.05) is 10.6 Å². The predicted molar refractivity (Wildman–Crippen MR) is 116 cm³/mol. The molecule has 0 atom stereocenters. The smallest absolute Gasteiger partial charge is 0.175 e. The molecule has 0 aliphatic heterocycles. The molecule has 136 valence electrons. The van der Waals surface area contributed by atoms with Crippen LogP contribution in [0.1, 0.15) is 16.7 Å². The highest BCUT2D eigenvalue weighted by Crippen LogP contribution is 2.25. The van der Waals surface area contributed by atoms with Gasteiger partial charge >= 0.3 is 0 Å². The van der Waals surface area contributed by atoms with E-state index < -0.39 is 0 Å². The summed E-state index contributed by atoms with van der Waals surface area (Å²) in [7, 11) is 0. The Morgan fingerprint density at radius 2 is 1.26 bits per heavy atom. The Morgan fingerprint density at radius 1 is 0.741 bits per heavy atom. The summed E-state index contributed by atoms with van der Waals surface area (Å²) in [5.41, 5.74) is 4.83. The zero-order valence-corrected chi connectivity index (χ0v) is 15.6. The highest BCUT2D eigenvalue weighted by atomic mass is 32.1. The maximum atomic E-state index is 9.53. The molecule has 0 amide bonds. The molecule has 4 nitrogen and oxygen atoms in total. The number of hydrogen-bond donors (Lipinski definition) is 4. The molecule has 3 aromatic rings. The van der Waals surface area contributed by atoms with Crippen LogP contribution in [-0.2, 0) is 0 Å². The van der Waals surface area contributed by atoms with Crippen molar-refractivity contribution >= 4 is 40.9 Å². The van der Waals surface area contributed by atoms with Crippen molar-refractivity contribution in [1.82, 2.24) is 0 Å². The van der Waals surface area contributed by atoms with Crippen LogP contribution in [0.15, 0.2) is 66.7 Å². The molecule has 3 rings (SSSR count). The van der Waals surface area contributed by atoms with Gasteiger partial charge in [-0.2, -0.15) is 0 Å². The Labute approximate surface area is 163 Å². The van der Waals surface area contributed by atoms with Gasteiger partial charge in [0.05, 0.1) is 0 Å². The second-order valence-electron chi connectivity index (χ2n) is 6.15. The third-order valence-corrected chi connectivity index (χ3v) is 4.15. The minimum Gasteiger partial charge on any atom is -0.504 e. The summed E-state index contributed by atoms with van der Waals surface area (Å²) in [5, 5.41) is 25.7. The van der Waals surface area contributed by atoms with E-state index in [0.717, 1.165) is 22.5 Å². The standard InChI is InChI=1S/C22H20N2O2S/c1-15-2-9-18(10-3-15)23-22(27)24-19-11-6-16(7-12-19)4-5-17-8-13-20(25)21(26)14-17/h2-14,25-26H,1H3,(H2,23,24,27)/b5-4+. The van der Waals surface area contributed by atoms with Crippen LogP contribution in [-0.4, -0.2) is 15.3 Å². The molecule has 0 saturated carbocycles.